The number of nitrogens with zero attached hydrogens (tertiary/aromatic N) is 2. The molecule has 0 saturated heterocycles. The summed E-state index contributed by atoms with van der Waals surface area (Å²) < 4.78 is 39.2. The molecule has 0 spiro atoms. The van der Waals surface area contributed by atoms with Gasteiger partial charge in [-0.2, -0.15) is 13.2 Å². The first-order valence-electron chi connectivity index (χ1n) is 8.07. The normalized spacial score (nSPS) is 11.2. The molecular weight excluding hydrogens is 381 g/mol. The second-order valence-electron chi connectivity index (χ2n) is 5.87. The number of alkyl halides is 3. The van der Waals surface area contributed by atoms with Gasteiger partial charge in [-0.15, -0.1) is 0 Å². The number of hydrogen-bond acceptors (Lipinski definition) is 2. The van der Waals surface area contributed by atoms with Crippen LogP contribution in [0.25, 0.3) is 0 Å². The van der Waals surface area contributed by atoms with Crippen molar-refractivity contribution in [2.24, 2.45) is 0 Å². The van der Waals surface area contributed by atoms with Gasteiger partial charge in [0.25, 0.3) is 0 Å². The Labute approximate surface area is 160 Å². The Hall–Kier alpha value is -2.54. The molecule has 4 nitrogen and oxygen atoms in total. The van der Waals surface area contributed by atoms with Crippen LogP contribution in [-0.4, -0.2) is 25.4 Å². The lowest BCUT2D eigenvalue weighted by Crippen LogP contribution is -2.34. The van der Waals surface area contributed by atoms with Gasteiger partial charge in [-0.1, -0.05) is 29.8 Å². The number of amides is 2. The summed E-state index contributed by atoms with van der Waals surface area (Å²) in [5.74, 6) is -0.738. The predicted octanol–water partition coefficient (Wildman–Crippen LogP) is 4.76. The number of carbonyl (C=O) groups is 2. The highest BCUT2D eigenvalue weighted by atomic mass is 35.5. The number of rotatable bonds is 5. The first kappa shape index (κ1) is 20.8. The van der Waals surface area contributed by atoms with Gasteiger partial charge in [0.05, 0.1) is 10.6 Å². The molecular formula is C19H18ClF3N2O2. The van der Waals surface area contributed by atoms with Crippen LogP contribution in [0.4, 0.5) is 24.5 Å². The number of halogens is 4. The van der Waals surface area contributed by atoms with Crippen LogP contribution in [0.5, 0.6) is 0 Å². The zero-order valence-electron chi connectivity index (χ0n) is 14.8. The van der Waals surface area contributed by atoms with Gasteiger partial charge in [0.15, 0.2) is 0 Å². The van der Waals surface area contributed by atoms with E-state index in [1.807, 2.05) is 6.07 Å². The first-order chi connectivity index (χ1) is 12.6. The molecule has 0 atom stereocenters. The molecule has 0 N–H and O–H groups in total. The highest BCUT2D eigenvalue weighted by molar-refractivity contribution is 6.31. The molecule has 0 aliphatic carbocycles. The number of benzene rings is 2. The largest absolute Gasteiger partial charge is 0.417 e. The third-order valence-corrected chi connectivity index (χ3v) is 4.34. The average Bonchev–Trinajstić information content (AvgIpc) is 2.61. The van der Waals surface area contributed by atoms with Gasteiger partial charge in [0.2, 0.25) is 11.8 Å². The van der Waals surface area contributed by atoms with Crippen LogP contribution in [0.2, 0.25) is 5.02 Å². The van der Waals surface area contributed by atoms with Crippen LogP contribution in [0, 0.1) is 0 Å². The van der Waals surface area contributed by atoms with E-state index in [0.29, 0.717) is 5.69 Å². The Morgan fingerprint density at radius 3 is 2.22 bits per heavy atom. The van der Waals surface area contributed by atoms with E-state index in [9.17, 15) is 22.8 Å². The molecule has 0 aromatic heterocycles. The van der Waals surface area contributed by atoms with Gasteiger partial charge >= 0.3 is 6.18 Å². The van der Waals surface area contributed by atoms with Crippen molar-refractivity contribution in [3.63, 3.8) is 0 Å². The summed E-state index contributed by atoms with van der Waals surface area (Å²) in [4.78, 5) is 26.9. The highest BCUT2D eigenvalue weighted by Crippen LogP contribution is 2.37. The maximum absolute atomic E-state index is 13.1. The van der Waals surface area contributed by atoms with Gasteiger partial charge in [-0.3, -0.25) is 9.59 Å². The van der Waals surface area contributed by atoms with E-state index in [-0.39, 0.29) is 24.6 Å². The molecule has 0 saturated carbocycles. The van der Waals surface area contributed by atoms with Crippen LogP contribution in [0.15, 0.2) is 48.5 Å². The van der Waals surface area contributed by atoms with Gasteiger partial charge in [-0.25, -0.2) is 0 Å². The van der Waals surface area contributed by atoms with Crippen LogP contribution in [0.3, 0.4) is 0 Å². The SMILES string of the molecule is CC(=O)N(CCC(=O)N(C)c1ccccc1)c1ccc(Cl)c(C(F)(F)F)c1. The third-order valence-electron chi connectivity index (χ3n) is 4.01. The molecule has 2 aromatic rings. The first-order valence-corrected chi connectivity index (χ1v) is 8.45. The van der Waals surface area contributed by atoms with E-state index in [2.05, 4.69) is 0 Å². The minimum atomic E-state index is -4.64. The lowest BCUT2D eigenvalue weighted by atomic mass is 10.1. The zero-order valence-corrected chi connectivity index (χ0v) is 15.5. The van der Waals surface area contributed by atoms with Crippen LogP contribution >= 0.6 is 11.6 Å². The topological polar surface area (TPSA) is 40.6 Å². The molecule has 0 bridgehead atoms. The summed E-state index contributed by atoms with van der Waals surface area (Å²) >= 11 is 5.62. The third kappa shape index (κ3) is 5.23. The van der Waals surface area contributed by atoms with E-state index in [4.69, 9.17) is 11.6 Å². The summed E-state index contributed by atoms with van der Waals surface area (Å²) in [5.41, 5.74) is -0.308. The van der Waals surface area contributed by atoms with Crippen molar-refractivity contribution in [1.29, 1.82) is 0 Å². The minimum Gasteiger partial charge on any atom is -0.315 e. The van der Waals surface area contributed by atoms with Gasteiger partial charge in [0, 0.05) is 38.3 Å². The molecule has 0 fully saturated rings. The van der Waals surface area contributed by atoms with Crippen molar-refractivity contribution in [2.45, 2.75) is 19.5 Å². The Kier molecular flexibility index (Phi) is 6.49. The van der Waals surface area contributed by atoms with Crippen molar-refractivity contribution >= 4 is 34.8 Å². The van der Waals surface area contributed by atoms with Crippen LogP contribution in [0.1, 0.15) is 18.9 Å². The summed E-state index contributed by atoms with van der Waals surface area (Å²) in [7, 11) is 1.60. The number of anilines is 2. The standard InChI is InChI=1S/C19H18ClF3N2O2/c1-13(26)25(15-8-9-17(20)16(12-15)19(21,22)23)11-10-18(27)24(2)14-6-4-3-5-7-14/h3-9,12H,10-11H2,1-2H3. The van der Waals surface area contributed by atoms with E-state index in [1.54, 1.807) is 31.3 Å². The maximum Gasteiger partial charge on any atom is 0.417 e. The fraction of sp³-hybridized carbons (Fsp3) is 0.263. The molecule has 0 radical (unpaired) electrons. The lowest BCUT2D eigenvalue weighted by Gasteiger charge is -2.24. The molecule has 0 aliphatic heterocycles. The Bertz CT molecular complexity index is 825. The van der Waals surface area contributed by atoms with Crippen molar-refractivity contribution in [3.05, 3.63) is 59.1 Å². The maximum atomic E-state index is 13.1. The number of para-hydroxylation sites is 1. The fourth-order valence-corrected chi connectivity index (χ4v) is 2.76. The van der Waals surface area contributed by atoms with E-state index >= 15 is 0 Å². The molecule has 144 valence electrons. The highest BCUT2D eigenvalue weighted by Gasteiger charge is 2.34. The quantitative estimate of drug-likeness (QED) is 0.728. The molecule has 8 heteroatoms. The molecule has 2 amide bonds. The molecule has 0 heterocycles. The zero-order chi connectivity index (χ0) is 20.2. The van der Waals surface area contributed by atoms with E-state index < -0.39 is 22.7 Å². The van der Waals surface area contributed by atoms with Crippen molar-refractivity contribution in [3.8, 4) is 0 Å². The summed E-state index contributed by atoms with van der Waals surface area (Å²) in [6.45, 7) is 1.18. The number of carbonyl (C=O) groups excluding carboxylic acids is 2. The van der Waals surface area contributed by atoms with Crippen LogP contribution in [-0.2, 0) is 15.8 Å². The predicted molar refractivity (Wildman–Crippen MR) is 99.0 cm³/mol. The summed E-state index contributed by atoms with van der Waals surface area (Å²) in [6, 6.07) is 12.1. The fourth-order valence-electron chi connectivity index (χ4n) is 2.54. The van der Waals surface area contributed by atoms with Gasteiger partial charge < -0.3 is 9.80 Å². The van der Waals surface area contributed by atoms with Crippen molar-refractivity contribution in [1.82, 2.24) is 0 Å². The molecule has 0 unspecified atom stereocenters. The van der Waals surface area contributed by atoms with Gasteiger partial charge in [-0.05, 0) is 30.3 Å². The van der Waals surface area contributed by atoms with Crippen molar-refractivity contribution in [2.75, 3.05) is 23.4 Å². The van der Waals surface area contributed by atoms with E-state index in [0.717, 1.165) is 17.0 Å². The summed E-state index contributed by atoms with van der Waals surface area (Å²) in [5, 5.41) is -0.449. The smallest absolute Gasteiger partial charge is 0.315 e. The Morgan fingerprint density at radius 2 is 1.67 bits per heavy atom. The van der Waals surface area contributed by atoms with Crippen LogP contribution < -0.4 is 9.80 Å². The van der Waals surface area contributed by atoms with Crippen molar-refractivity contribution < 1.29 is 22.8 Å². The second kappa shape index (κ2) is 8.43. The van der Waals surface area contributed by atoms with E-state index in [1.165, 1.54) is 17.9 Å². The molecule has 0 aliphatic rings. The second-order valence-corrected chi connectivity index (χ2v) is 6.28. The average molecular weight is 399 g/mol. The molecule has 2 rings (SSSR count). The minimum absolute atomic E-state index is 0.0365. The molecule has 27 heavy (non-hydrogen) atoms. The summed E-state index contributed by atoms with van der Waals surface area (Å²) in [6.07, 6.45) is -4.69. The molecule has 2 aromatic carbocycles. The lowest BCUT2D eigenvalue weighted by molar-refractivity contribution is -0.137. The van der Waals surface area contributed by atoms with Gasteiger partial charge in [0.1, 0.15) is 0 Å². The number of hydrogen-bond donors (Lipinski definition) is 0. The monoisotopic (exact) mass is 398 g/mol. The Morgan fingerprint density at radius 1 is 1.04 bits per heavy atom. The Balaban J connectivity index is 2.17.